The van der Waals surface area contributed by atoms with E-state index >= 15 is 0 Å². The highest BCUT2D eigenvalue weighted by molar-refractivity contribution is 5.87. The summed E-state index contributed by atoms with van der Waals surface area (Å²) in [5.41, 5.74) is 10.7. The van der Waals surface area contributed by atoms with Crippen LogP contribution < -0.4 is 4.74 Å². The molecule has 2 heterocycles. The molecule has 1 saturated heterocycles. The Bertz CT molecular complexity index is 2210. The van der Waals surface area contributed by atoms with E-state index in [9.17, 15) is 24.6 Å². The number of ketones is 1. The van der Waals surface area contributed by atoms with Gasteiger partial charge in [0.05, 0.1) is 18.4 Å². The molecule has 0 saturated carbocycles. The van der Waals surface area contributed by atoms with Gasteiger partial charge in [0.15, 0.2) is 5.78 Å². The van der Waals surface area contributed by atoms with Crippen LogP contribution in [-0.4, -0.2) is 51.8 Å². The predicted molar refractivity (Wildman–Crippen MR) is 296 cm³/mol. The van der Waals surface area contributed by atoms with Crippen molar-refractivity contribution in [2.24, 2.45) is 35.0 Å². The molecule has 8 nitrogen and oxygen atoms in total. The molecule has 8 heteroatoms. The number of phenols is 1. The maximum Gasteiger partial charge on any atom is 0.308 e. The fourth-order valence-corrected chi connectivity index (χ4v) is 11.3. The number of fused-ring (bicyclic) bond motifs is 2. The molecule has 1 fully saturated rings. The molecular weight excluding hydrogens is 897 g/mol. The van der Waals surface area contributed by atoms with Crippen molar-refractivity contribution >= 4 is 17.7 Å². The number of aliphatic hydroxyl groups excluding tert-OH is 1. The van der Waals surface area contributed by atoms with Crippen LogP contribution in [0, 0.1) is 41.9 Å². The van der Waals surface area contributed by atoms with Crippen molar-refractivity contribution in [3.63, 3.8) is 0 Å². The van der Waals surface area contributed by atoms with Crippen LogP contribution in [0.15, 0.2) is 94.2 Å². The summed E-state index contributed by atoms with van der Waals surface area (Å²) in [6, 6.07) is 3.64. The molecule has 0 radical (unpaired) electrons. The molecule has 2 N–H and O–H groups in total. The Morgan fingerprint density at radius 3 is 2.24 bits per heavy atom. The highest BCUT2D eigenvalue weighted by Gasteiger charge is 2.42. The monoisotopic (exact) mass is 993 g/mol. The van der Waals surface area contributed by atoms with Crippen LogP contribution in [-0.2, 0) is 30.3 Å². The second kappa shape index (κ2) is 28.3. The van der Waals surface area contributed by atoms with E-state index in [4.69, 9.17) is 14.2 Å². The summed E-state index contributed by atoms with van der Waals surface area (Å²) in [5, 5.41) is 19.7. The lowest BCUT2D eigenvalue weighted by Crippen LogP contribution is -2.42. The Morgan fingerprint density at radius 1 is 0.917 bits per heavy atom. The number of benzene rings is 1. The molecule has 2 aliphatic heterocycles. The maximum absolute atomic E-state index is 12.5. The van der Waals surface area contributed by atoms with Gasteiger partial charge in [-0.2, -0.15) is 0 Å². The molecular formula is C64H96O8. The van der Waals surface area contributed by atoms with Gasteiger partial charge in [0, 0.05) is 12.3 Å². The normalized spacial score (nSPS) is 27.3. The first-order valence-corrected chi connectivity index (χ1v) is 27.7. The van der Waals surface area contributed by atoms with E-state index in [1.54, 1.807) is 19.1 Å². The topological polar surface area (TPSA) is 119 Å². The van der Waals surface area contributed by atoms with Crippen molar-refractivity contribution in [1.29, 1.82) is 0 Å². The molecule has 0 amide bonds. The van der Waals surface area contributed by atoms with Gasteiger partial charge < -0.3 is 24.4 Å². The SMILES string of the molecule is CC(=O)/C=C/C1=C(C)CCCC1(C)C.CC(C)=CCC/C(C)=C/CC/C(C)=C/CCC1(C)CCc2cc(O)cc(C)c2O1.CC[C@H](C)C(=O)O[C@H]1C[C@@H](C)C=C2C=C[C@H](C)[C@H](CC[C@@H]3C[C@@H](O)CC(=O)O3)[C@H]21. The molecule has 0 bridgehead atoms. The van der Waals surface area contributed by atoms with Gasteiger partial charge in [0.1, 0.15) is 29.3 Å². The summed E-state index contributed by atoms with van der Waals surface area (Å²) in [6.07, 6.45) is 32.8. The fourth-order valence-electron chi connectivity index (χ4n) is 11.3. The number of hydrogen-bond acceptors (Lipinski definition) is 8. The molecule has 3 aliphatic carbocycles. The van der Waals surface area contributed by atoms with Crippen LogP contribution >= 0.6 is 0 Å². The first-order chi connectivity index (χ1) is 33.9. The van der Waals surface area contributed by atoms with E-state index in [-0.39, 0.29) is 59.2 Å². The molecule has 0 aromatic heterocycles. The average Bonchev–Trinajstić information content (AvgIpc) is 3.28. The third-order valence-corrected chi connectivity index (χ3v) is 15.9. The molecule has 5 aliphatic rings. The zero-order valence-electron chi connectivity index (χ0n) is 47.3. The number of aryl methyl sites for hydroxylation is 2. The minimum absolute atomic E-state index is 0.0854. The number of cyclic esters (lactones) is 1. The number of phenolic OH excluding ortho intramolecular Hbond substituents is 1. The molecule has 9 atom stereocenters. The van der Waals surface area contributed by atoms with Crippen molar-refractivity contribution in [1.82, 2.24) is 0 Å². The van der Waals surface area contributed by atoms with Crippen LogP contribution in [0.5, 0.6) is 11.5 Å². The zero-order chi connectivity index (χ0) is 53.3. The van der Waals surface area contributed by atoms with Gasteiger partial charge in [-0.15, -0.1) is 0 Å². The second-order valence-corrected chi connectivity index (χ2v) is 23.5. The standard InChI is InChI=1S/C27H40O2.C24H36O5.C13H20O/c1-20(2)10-7-11-21(3)12-8-13-22(4)14-9-16-27(6)17-15-24-19-25(28)18-23(5)26(24)29-27;1-5-15(3)24(27)29-21-11-14(2)10-17-7-6-16(4)20(23(17)21)9-8-19-12-18(25)13-22(26)28-19;1-10-6-5-9-13(3,4)12(10)8-7-11(2)14/h10,12,14,18-19,28H,7-9,11,13,15-17H2,1-6H3;6-7,10,14-16,18-21,23,25H,5,8-9,11-13H2,1-4H3;7-8H,5-6,9H2,1-4H3/b21-12+,22-14+;;8-7+/t;14-,15-,16-,18+,19+,20-,21-,23-;/m.0./s1. The van der Waals surface area contributed by atoms with Crippen molar-refractivity contribution in [3.8, 4) is 11.5 Å². The minimum Gasteiger partial charge on any atom is -0.508 e. The zero-order valence-corrected chi connectivity index (χ0v) is 47.3. The maximum atomic E-state index is 12.5. The van der Waals surface area contributed by atoms with Crippen molar-refractivity contribution < 1.29 is 38.8 Å². The summed E-state index contributed by atoms with van der Waals surface area (Å²) in [7, 11) is 0. The lowest BCUT2D eigenvalue weighted by molar-refractivity contribution is -0.162. The molecule has 1 unspecified atom stereocenters. The third-order valence-electron chi connectivity index (χ3n) is 15.9. The average molecular weight is 993 g/mol. The van der Waals surface area contributed by atoms with Gasteiger partial charge in [-0.25, -0.2) is 0 Å². The lowest BCUT2D eigenvalue weighted by atomic mass is 9.65. The van der Waals surface area contributed by atoms with Crippen LogP contribution in [0.2, 0.25) is 0 Å². The number of carbonyl (C=O) groups excluding carboxylic acids is 3. The van der Waals surface area contributed by atoms with E-state index in [0.29, 0.717) is 29.9 Å². The van der Waals surface area contributed by atoms with E-state index < -0.39 is 6.10 Å². The van der Waals surface area contributed by atoms with Crippen LogP contribution in [0.25, 0.3) is 0 Å². The van der Waals surface area contributed by atoms with E-state index in [1.165, 1.54) is 59.1 Å². The van der Waals surface area contributed by atoms with E-state index in [0.717, 1.165) is 87.5 Å². The van der Waals surface area contributed by atoms with E-state index in [2.05, 4.69) is 106 Å². The molecule has 0 spiro atoms. The molecule has 1 aromatic carbocycles. The first kappa shape index (κ1) is 60.1. The fraction of sp³-hybridized carbons (Fsp3) is 0.641. The van der Waals surface area contributed by atoms with Gasteiger partial charge in [-0.3, -0.25) is 14.4 Å². The van der Waals surface area contributed by atoms with Crippen LogP contribution in [0.1, 0.15) is 204 Å². The molecule has 1 aromatic rings. The highest BCUT2D eigenvalue weighted by Crippen LogP contribution is 2.46. The summed E-state index contributed by atoms with van der Waals surface area (Å²) < 4.78 is 17.9. The summed E-state index contributed by atoms with van der Waals surface area (Å²) in [6.45, 7) is 29.7. The molecule has 400 valence electrons. The number of aromatic hydroxyl groups is 1. The Balaban J connectivity index is 0.000000249. The van der Waals surface area contributed by atoms with Gasteiger partial charge in [0.2, 0.25) is 0 Å². The Morgan fingerprint density at radius 2 is 1.60 bits per heavy atom. The highest BCUT2D eigenvalue weighted by atomic mass is 16.6. The summed E-state index contributed by atoms with van der Waals surface area (Å²) in [4.78, 5) is 35.1. The minimum atomic E-state index is -0.597. The van der Waals surface area contributed by atoms with Crippen molar-refractivity contribution in [2.75, 3.05) is 0 Å². The molecule has 72 heavy (non-hydrogen) atoms. The number of allylic oxidation sites excluding steroid dienone is 13. The van der Waals surface area contributed by atoms with Gasteiger partial charge in [-0.05, 0) is 215 Å². The number of rotatable bonds is 17. The van der Waals surface area contributed by atoms with Gasteiger partial charge in [-0.1, -0.05) is 106 Å². The van der Waals surface area contributed by atoms with Crippen molar-refractivity contribution in [3.05, 3.63) is 105 Å². The van der Waals surface area contributed by atoms with Crippen molar-refractivity contribution in [2.45, 2.75) is 230 Å². The number of hydrogen-bond donors (Lipinski definition) is 2. The summed E-state index contributed by atoms with van der Waals surface area (Å²) >= 11 is 0. The van der Waals surface area contributed by atoms with Gasteiger partial charge in [0.25, 0.3) is 0 Å². The van der Waals surface area contributed by atoms with E-state index in [1.807, 2.05) is 32.9 Å². The second-order valence-electron chi connectivity index (χ2n) is 23.5. The Labute approximate surface area is 436 Å². The van der Waals surface area contributed by atoms with Crippen LogP contribution in [0.3, 0.4) is 0 Å². The first-order valence-electron chi connectivity index (χ1n) is 27.7. The van der Waals surface area contributed by atoms with Crippen LogP contribution in [0.4, 0.5) is 0 Å². The quantitative estimate of drug-likeness (QED) is 0.0900. The summed E-state index contributed by atoms with van der Waals surface area (Å²) in [5.74, 6) is 2.20. The third kappa shape index (κ3) is 19.1. The number of aliphatic hydroxyl groups is 1. The smallest absolute Gasteiger partial charge is 0.308 e. The lowest BCUT2D eigenvalue weighted by Gasteiger charge is -2.43. The molecule has 6 rings (SSSR count). The Hall–Kier alpha value is -4.43. The number of esters is 2. The number of ether oxygens (including phenoxy) is 3. The van der Waals surface area contributed by atoms with Gasteiger partial charge >= 0.3 is 11.9 Å². The largest absolute Gasteiger partial charge is 0.508 e. The number of carbonyl (C=O) groups is 3. The predicted octanol–water partition coefficient (Wildman–Crippen LogP) is 15.8. The Kier molecular flexibility index (Phi) is 23.6.